The van der Waals surface area contributed by atoms with E-state index < -0.39 is 0 Å². The quantitative estimate of drug-likeness (QED) is 0.237. The molecule has 2 aromatic heterocycles. The number of nitrogen functional groups attached to an aromatic ring is 1. The number of nitrogens with two attached hydrogens (primary N) is 3. The molecule has 0 atom stereocenters. The second-order valence-electron chi connectivity index (χ2n) is 4.86. The van der Waals surface area contributed by atoms with Gasteiger partial charge in [0.05, 0.1) is 17.4 Å². The zero-order chi connectivity index (χ0) is 14.8. The number of anilines is 1. The maximum absolute atomic E-state index is 6.02. The lowest BCUT2D eigenvalue weighted by Crippen LogP contribution is -2.32. The van der Waals surface area contributed by atoms with Crippen LogP contribution in [0.4, 0.5) is 5.82 Å². The van der Waals surface area contributed by atoms with Gasteiger partial charge in [-0.25, -0.2) is 14.5 Å². The van der Waals surface area contributed by atoms with E-state index in [1.807, 2.05) is 30.6 Å². The van der Waals surface area contributed by atoms with Gasteiger partial charge in [-0.15, -0.1) is 0 Å². The van der Waals surface area contributed by atoms with Crippen LogP contribution in [0.2, 0.25) is 0 Å². The summed E-state index contributed by atoms with van der Waals surface area (Å²) in [6.07, 6.45) is 2.75. The lowest BCUT2D eigenvalue weighted by molar-refractivity contribution is -0.670. The van der Waals surface area contributed by atoms with E-state index in [1.54, 1.807) is 0 Å². The number of hydrogen-bond donors (Lipinski definition) is 4. The summed E-state index contributed by atoms with van der Waals surface area (Å²) in [6, 6.07) is 7.96. The minimum atomic E-state index is 0.123. The molecule has 0 unspecified atom stereocenters. The molecule has 0 aliphatic rings. The number of para-hydroxylation sites is 1. The Morgan fingerprint density at radius 2 is 2.10 bits per heavy atom. The highest BCUT2D eigenvalue weighted by atomic mass is 15.1. The van der Waals surface area contributed by atoms with E-state index in [0.717, 1.165) is 34.9 Å². The van der Waals surface area contributed by atoms with Crippen molar-refractivity contribution in [2.24, 2.45) is 16.5 Å². The summed E-state index contributed by atoms with van der Waals surface area (Å²) < 4.78 is 2.12. The number of aryl methyl sites for hydroxylation is 1. The maximum atomic E-state index is 6.02. The van der Waals surface area contributed by atoms with Crippen LogP contribution in [0.1, 0.15) is 6.42 Å². The summed E-state index contributed by atoms with van der Waals surface area (Å²) in [4.78, 5) is 11.6. The van der Waals surface area contributed by atoms with Gasteiger partial charge in [-0.3, -0.25) is 4.99 Å². The molecule has 0 aliphatic carbocycles. The van der Waals surface area contributed by atoms with Crippen LogP contribution >= 0.6 is 0 Å². The average molecular weight is 284 g/mol. The molecule has 108 valence electrons. The van der Waals surface area contributed by atoms with Crippen LogP contribution < -0.4 is 21.8 Å². The molecule has 3 aromatic rings. The van der Waals surface area contributed by atoms with Gasteiger partial charge in [-0.2, -0.15) is 0 Å². The summed E-state index contributed by atoms with van der Waals surface area (Å²) >= 11 is 0. The van der Waals surface area contributed by atoms with Gasteiger partial charge >= 0.3 is 0 Å². The third-order valence-electron chi connectivity index (χ3n) is 3.40. The van der Waals surface area contributed by atoms with Gasteiger partial charge < -0.3 is 17.2 Å². The number of aliphatic imine (C=N–C) groups is 1. The number of nitrogens with one attached hydrogen (secondary N) is 1. The third-order valence-corrected chi connectivity index (χ3v) is 3.40. The van der Waals surface area contributed by atoms with Crippen LogP contribution in [0, 0.1) is 0 Å². The molecule has 7 heteroatoms. The fourth-order valence-corrected chi connectivity index (χ4v) is 2.49. The van der Waals surface area contributed by atoms with E-state index >= 15 is 0 Å². The van der Waals surface area contributed by atoms with Gasteiger partial charge in [-0.05, 0) is 12.1 Å². The second-order valence-corrected chi connectivity index (χ2v) is 4.86. The first-order valence-electron chi connectivity index (χ1n) is 6.77. The molecule has 3 rings (SSSR count). The van der Waals surface area contributed by atoms with Crippen LogP contribution in [-0.2, 0) is 6.54 Å². The topological polar surface area (TPSA) is 123 Å². The molecule has 0 spiro atoms. The molecular weight excluding hydrogens is 266 g/mol. The SMILES string of the molecule is NC(N)=NCCC[n+]1c[nH]c2c(N)nc3ccccc3c21. The summed E-state index contributed by atoms with van der Waals surface area (Å²) in [6.45, 7) is 1.39. The highest BCUT2D eigenvalue weighted by molar-refractivity contribution is 6.03. The van der Waals surface area contributed by atoms with E-state index in [9.17, 15) is 0 Å². The predicted molar refractivity (Wildman–Crippen MR) is 83.5 cm³/mol. The molecule has 1 aromatic carbocycles. The van der Waals surface area contributed by atoms with E-state index in [0.29, 0.717) is 12.4 Å². The summed E-state index contributed by atoms with van der Waals surface area (Å²) in [5, 5.41) is 1.07. The van der Waals surface area contributed by atoms with Crippen molar-refractivity contribution in [1.29, 1.82) is 0 Å². The Morgan fingerprint density at radius 1 is 1.29 bits per heavy atom. The summed E-state index contributed by atoms with van der Waals surface area (Å²) in [5.74, 6) is 0.629. The van der Waals surface area contributed by atoms with Gasteiger partial charge in [0.2, 0.25) is 11.8 Å². The smallest absolute Gasteiger partial charge is 0.242 e. The van der Waals surface area contributed by atoms with Crippen molar-refractivity contribution in [2.45, 2.75) is 13.0 Å². The van der Waals surface area contributed by atoms with Crippen molar-refractivity contribution in [3.63, 3.8) is 0 Å². The first-order chi connectivity index (χ1) is 10.2. The lowest BCUT2D eigenvalue weighted by atomic mass is 10.2. The van der Waals surface area contributed by atoms with E-state index in [2.05, 4.69) is 19.5 Å². The fourth-order valence-electron chi connectivity index (χ4n) is 2.49. The number of pyridine rings is 1. The minimum absolute atomic E-state index is 0.123. The van der Waals surface area contributed by atoms with Crippen molar-refractivity contribution in [1.82, 2.24) is 9.97 Å². The molecule has 0 aliphatic heterocycles. The normalized spacial score (nSPS) is 11.0. The Hall–Kier alpha value is -2.83. The zero-order valence-electron chi connectivity index (χ0n) is 11.6. The number of H-pyrrole nitrogens is 1. The van der Waals surface area contributed by atoms with Gasteiger partial charge in [-0.1, -0.05) is 12.1 Å². The van der Waals surface area contributed by atoms with Gasteiger partial charge in [0.25, 0.3) is 0 Å². The molecule has 7 nitrogen and oxygen atoms in total. The number of hydrogen-bond acceptors (Lipinski definition) is 3. The summed E-state index contributed by atoms with van der Waals surface area (Å²) in [5.41, 5.74) is 19.5. The molecule has 0 fully saturated rings. The van der Waals surface area contributed by atoms with Crippen molar-refractivity contribution >= 4 is 33.7 Å². The number of guanidine groups is 1. The van der Waals surface area contributed by atoms with Crippen molar-refractivity contribution in [2.75, 3.05) is 12.3 Å². The zero-order valence-corrected chi connectivity index (χ0v) is 11.6. The molecule has 0 saturated carbocycles. The number of fused-ring (bicyclic) bond motifs is 3. The summed E-state index contributed by atoms with van der Waals surface area (Å²) in [7, 11) is 0. The Kier molecular flexibility index (Phi) is 3.31. The van der Waals surface area contributed by atoms with Gasteiger partial charge in [0.1, 0.15) is 0 Å². The first-order valence-corrected chi connectivity index (χ1v) is 6.77. The molecule has 21 heavy (non-hydrogen) atoms. The molecule has 0 bridgehead atoms. The van der Waals surface area contributed by atoms with E-state index in [-0.39, 0.29) is 5.96 Å². The number of imidazole rings is 1. The Morgan fingerprint density at radius 3 is 2.90 bits per heavy atom. The van der Waals surface area contributed by atoms with Gasteiger partial charge in [0.15, 0.2) is 17.3 Å². The molecule has 0 radical (unpaired) electrons. The number of aromatic nitrogens is 3. The van der Waals surface area contributed by atoms with Crippen molar-refractivity contribution in [3.8, 4) is 0 Å². The number of benzene rings is 1. The van der Waals surface area contributed by atoms with Crippen LogP contribution in [0.15, 0.2) is 35.6 Å². The van der Waals surface area contributed by atoms with Crippen molar-refractivity contribution < 1.29 is 4.57 Å². The average Bonchev–Trinajstić information content (AvgIpc) is 2.88. The molecule has 2 heterocycles. The standard InChI is InChI=1S/C14H17N7/c15-13-11-12(9-4-1-2-5-10(9)20-13)21(8-19-11)7-3-6-18-14(16)17/h1-2,4-5,8H,3,6-7H2,(H6,15,16,17,18,20)/p+1. The largest absolute Gasteiger partial charge is 0.380 e. The van der Waals surface area contributed by atoms with Crippen LogP contribution in [0.3, 0.4) is 0 Å². The monoisotopic (exact) mass is 284 g/mol. The van der Waals surface area contributed by atoms with Crippen molar-refractivity contribution in [3.05, 3.63) is 30.6 Å². The van der Waals surface area contributed by atoms with Crippen LogP contribution in [0.25, 0.3) is 21.9 Å². The highest BCUT2D eigenvalue weighted by Gasteiger charge is 2.17. The highest BCUT2D eigenvalue weighted by Crippen LogP contribution is 2.23. The Labute approximate surface area is 121 Å². The Balaban J connectivity index is 2.01. The lowest BCUT2D eigenvalue weighted by Gasteiger charge is -2.02. The number of rotatable bonds is 4. The van der Waals surface area contributed by atoms with Crippen LogP contribution in [0.5, 0.6) is 0 Å². The maximum Gasteiger partial charge on any atom is 0.242 e. The molecule has 0 amide bonds. The fraction of sp³-hybridized carbons (Fsp3) is 0.214. The van der Waals surface area contributed by atoms with E-state index in [1.165, 1.54) is 0 Å². The van der Waals surface area contributed by atoms with Crippen LogP contribution in [-0.4, -0.2) is 22.5 Å². The van der Waals surface area contributed by atoms with Gasteiger partial charge in [0, 0.05) is 13.0 Å². The predicted octanol–water partition coefficient (Wildman–Crippen LogP) is 0.249. The third kappa shape index (κ3) is 2.45. The molecule has 0 saturated heterocycles. The number of aromatic amines is 1. The second kappa shape index (κ2) is 5.28. The number of nitrogens with zero attached hydrogens (tertiary/aromatic N) is 3. The minimum Gasteiger partial charge on any atom is -0.380 e. The Bertz CT molecular complexity index is 815. The first kappa shape index (κ1) is 13.2. The molecule has 7 N–H and O–H groups in total. The van der Waals surface area contributed by atoms with E-state index in [4.69, 9.17) is 17.2 Å². The molecular formula is C14H18N7+.